The fraction of sp³-hybridized carbons (Fsp3) is 1.00. The van der Waals surface area contributed by atoms with Crippen LogP contribution >= 0.6 is 15.9 Å². The highest BCUT2D eigenvalue weighted by Gasteiger charge is 2.31. The van der Waals surface area contributed by atoms with E-state index in [0.29, 0.717) is 5.41 Å². The number of hydrogen-bond donors (Lipinski definition) is 0. The summed E-state index contributed by atoms with van der Waals surface area (Å²) >= 11 is 3.60. The summed E-state index contributed by atoms with van der Waals surface area (Å²) < 4.78 is 11.1. The van der Waals surface area contributed by atoms with Crippen molar-refractivity contribution in [1.82, 2.24) is 0 Å². The van der Waals surface area contributed by atoms with Gasteiger partial charge < -0.3 is 9.47 Å². The molecule has 0 aliphatic carbocycles. The first-order valence-electron chi connectivity index (χ1n) is 5.54. The number of halogens is 1. The van der Waals surface area contributed by atoms with Gasteiger partial charge in [-0.25, -0.2) is 0 Å². The Hall–Kier alpha value is 0.400. The Bertz CT molecular complexity index is 144. The summed E-state index contributed by atoms with van der Waals surface area (Å²) in [5.74, 6) is 0. The first kappa shape index (κ1) is 12.5. The van der Waals surface area contributed by atoms with E-state index in [2.05, 4.69) is 22.9 Å². The van der Waals surface area contributed by atoms with Crippen molar-refractivity contribution in [2.75, 3.05) is 31.8 Å². The fourth-order valence-electron chi connectivity index (χ4n) is 1.66. The van der Waals surface area contributed by atoms with Crippen LogP contribution in [0, 0.1) is 5.41 Å². The Balaban J connectivity index is 2.22. The molecule has 1 aliphatic heterocycles. The molecule has 0 spiro atoms. The van der Waals surface area contributed by atoms with Gasteiger partial charge in [0.15, 0.2) is 0 Å². The highest BCUT2D eigenvalue weighted by atomic mass is 79.9. The van der Waals surface area contributed by atoms with Crippen LogP contribution in [0.15, 0.2) is 0 Å². The molecule has 0 amide bonds. The average molecular weight is 265 g/mol. The van der Waals surface area contributed by atoms with Crippen LogP contribution in [-0.4, -0.2) is 31.8 Å². The molecule has 1 aliphatic rings. The molecule has 1 saturated heterocycles. The monoisotopic (exact) mass is 264 g/mol. The summed E-state index contributed by atoms with van der Waals surface area (Å²) in [4.78, 5) is 0. The molecule has 0 saturated carbocycles. The molecule has 0 atom stereocenters. The molecule has 1 rings (SSSR count). The van der Waals surface area contributed by atoms with Gasteiger partial charge in [0, 0.05) is 30.6 Å². The van der Waals surface area contributed by atoms with Crippen LogP contribution in [-0.2, 0) is 9.47 Å². The summed E-state index contributed by atoms with van der Waals surface area (Å²) in [5, 5.41) is 1.04. The number of unbranched alkanes of at least 4 members (excludes halogenated alkanes) is 1. The predicted molar refractivity (Wildman–Crippen MR) is 62.0 cm³/mol. The van der Waals surface area contributed by atoms with E-state index in [1.54, 1.807) is 0 Å². The molecule has 0 radical (unpaired) electrons. The molecule has 0 aromatic carbocycles. The molecule has 0 bridgehead atoms. The Morgan fingerprint density at radius 2 is 2.07 bits per heavy atom. The quantitative estimate of drug-likeness (QED) is 0.543. The van der Waals surface area contributed by atoms with Gasteiger partial charge in [-0.1, -0.05) is 29.3 Å². The van der Waals surface area contributed by atoms with Crippen molar-refractivity contribution in [3.63, 3.8) is 0 Å². The normalized spacial score (nSPS) is 21.0. The number of alkyl halides is 1. The molecule has 1 heterocycles. The third-order valence-corrected chi connectivity index (χ3v) is 4.08. The van der Waals surface area contributed by atoms with E-state index in [1.165, 1.54) is 12.8 Å². The lowest BCUT2D eigenvalue weighted by atomic mass is 9.83. The van der Waals surface area contributed by atoms with E-state index in [4.69, 9.17) is 9.47 Å². The summed E-state index contributed by atoms with van der Waals surface area (Å²) in [6.45, 7) is 5.78. The molecule has 1 fully saturated rings. The van der Waals surface area contributed by atoms with Crippen molar-refractivity contribution in [1.29, 1.82) is 0 Å². The third kappa shape index (κ3) is 3.87. The predicted octanol–water partition coefficient (Wildman–Crippen LogP) is 2.99. The second-order valence-electron chi connectivity index (χ2n) is 4.15. The van der Waals surface area contributed by atoms with Crippen LogP contribution in [0.2, 0.25) is 0 Å². The molecule has 0 aromatic heterocycles. The van der Waals surface area contributed by atoms with Gasteiger partial charge in [-0.2, -0.15) is 0 Å². The van der Waals surface area contributed by atoms with Gasteiger partial charge in [-0.3, -0.25) is 0 Å². The summed E-state index contributed by atoms with van der Waals surface area (Å²) in [5.41, 5.74) is 0.339. The SMILES string of the molecule is CCCCOCC1(CBr)CCOCC1. The van der Waals surface area contributed by atoms with Crippen molar-refractivity contribution in [2.45, 2.75) is 32.6 Å². The van der Waals surface area contributed by atoms with E-state index >= 15 is 0 Å². The maximum atomic E-state index is 5.72. The molecule has 0 aromatic rings. The number of ether oxygens (including phenoxy) is 2. The lowest BCUT2D eigenvalue weighted by molar-refractivity contribution is -0.0270. The summed E-state index contributed by atoms with van der Waals surface area (Å²) in [6, 6.07) is 0. The smallest absolute Gasteiger partial charge is 0.0532 e. The lowest BCUT2D eigenvalue weighted by Gasteiger charge is -2.35. The zero-order valence-corrected chi connectivity index (χ0v) is 10.6. The van der Waals surface area contributed by atoms with Crippen LogP contribution in [0.25, 0.3) is 0 Å². The van der Waals surface area contributed by atoms with Crippen molar-refractivity contribution < 1.29 is 9.47 Å². The molecular weight excluding hydrogens is 244 g/mol. The molecule has 0 unspecified atom stereocenters. The van der Waals surface area contributed by atoms with Gasteiger partial charge in [0.05, 0.1) is 6.61 Å². The largest absolute Gasteiger partial charge is 0.381 e. The fourth-order valence-corrected chi connectivity index (χ4v) is 2.38. The zero-order valence-electron chi connectivity index (χ0n) is 9.06. The molecule has 0 N–H and O–H groups in total. The molecule has 84 valence electrons. The summed E-state index contributed by atoms with van der Waals surface area (Å²) in [6.07, 6.45) is 4.65. The lowest BCUT2D eigenvalue weighted by Crippen LogP contribution is -2.35. The van der Waals surface area contributed by atoms with Crippen molar-refractivity contribution >= 4 is 15.9 Å². The Labute approximate surface area is 95.5 Å². The van der Waals surface area contributed by atoms with E-state index in [0.717, 1.165) is 44.6 Å². The number of hydrogen-bond acceptors (Lipinski definition) is 2. The Morgan fingerprint density at radius 3 is 2.64 bits per heavy atom. The molecule has 3 heteroatoms. The zero-order chi connectivity index (χ0) is 10.3. The van der Waals surface area contributed by atoms with Crippen molar-refractivity contribution in [2.24, 2.45) is 5.41 Å². The van der Waals surface area contributed by atoms with Crippen LogP contribution in [0.1, 0.15) is 32.6 Å². The van der Waals surface area contributed by atoms with Gasteiger partial charge >= 0.3 is 0 Å². The van der Waals surface area contributed by atoms with Crippen molar-refractivity contribution in [3.05, 3.63) is 0 Å². The van der Waals surface area contributed by atoms with Crippen LogP contribution in [0.3, 0.4) is 0 Å². The van der Waals surface area contributed by atoms with Gasteiger partial charge in [0.25, 0.3) is 0 Å². The van der Waals surface area contributed by atoms with Gasteiger partial charge in [0.1, 0.15) is 0 Å². The minimum atomic E-state index is 0.339. The van der Waals surface area contributed by atoms with E-state index in [9.17, 15) is 0 Å². The first-order chi connectivity index (χ1) is 6.83. The maximum Gasteiger partial charge on any atom is 0.0532 e. The second-order valence-corrected chi connectivity index (χ2v) is 4.71. The highest BCUT2D eigenvalue weighted by molar-refractivity contribution is 9.09. The first-order valence-corrected chi connectivity index (χ1v) is 6.66. The molecule has 14 heavy (non-hydrogen) atoms. The van der Waals surface area contributed by atoms with Gasteiger partial charge in [-0.05, 0) is 19.3 Å². The van der Waals surface area contributed by atoms with Crippen LogP contribution in [0.4, 0.5) is 0 Å². The van der Waals surface area contributed by atoms with Crippen LogP contribution in [0.5, 0.6) is 0 Å². The maximum absolute atomic E-state index is 5.72. The molecular formula is C11H21BrO2. The number of rotatable bonds is 6. The summed E-state index contributed by atoms with van der Waals surface area (Å²) in [7, 11) is 0. The Morgan fingerprint density at radius 1 is 1.36 bits per heavy atom. The standard InChI is InChI=1S/C11H21BrO2/c1-2-3-6-14-10-11(9-12)4-7-13-8-5-11/h2-10H2,1H3. The van der Waals surface area contributed by atoms with Crippen LogP contribution < -0.4 is 0 Å². The minimum absolute atomic E-state index is 0.339. The van der Waals surface area contributed by atoms with Crippen molar-refractivity contribution in [3.8, 4) is 0 Å². The third-order valence-electron chi connectivity index (χ3n) is 2.89. The van der Waals surface area contributed by atoms with E-state index < -0.39 is 0 Å². The van der Waals surface area contributed by atoms with E-state index in [1.807, 2.05) is 0 Å². The Kier molecular flexibility index (Phi) is 6.06. The minimum Gasteiger partial charge on any atom is -0.381 e. The van der Waals surface area contributed by atoms with Gasteiger partial charge in [0.2, 0.25) is 0 Å². The topological polar surface area (TPSA) is 18.5 Å². The second kappa shape index (κ2) is 6.81. The van der Waals surface area contributed by atoms with E-state index in [-0.39, 0.29) is 0 Å². The van der Waals surface area contributed by atoms with Gasteiger partial charge in [-0.15, -0.1) is 0 Å². The molecule has 2 nitrogen and oxygen atoms in total. The average Bonchev–Trinajstić information content (AvgIpc) is 2.26. The highest BCUT2D eigenvalue weighted by Crippen LogP contribution is 2.32.